The highest BCUT2D eigenvalue weighted by molar-refractivity contribution is 6.30. The fraction of sp³-hybridized carbons (Fsp3) is 0.0435. The zero-order valence-corrected chi connectivity index (χ0v) is 16.1. The first kappa shape index (κ1) is 18.8. The Bertz CT molecular complexity index is 1130. The van der Waals surface area contributed by atoms with Crippen molar-refractivity contribution in [3.63, 3.8) is 0 Å². The monoisotopic (exact) mass is 404 g/mol. The van der Waals surface area contributed by atoms with E-state index in [1.807, 2.05) is 66.7 Å². The number of halogens is 1. The molecule has 0 aliphatic carbocycles. The first-order valence-electron chi connectivity index (χ1n) is 8.96. The van der Waals surface area contributed by atoms with Crippen molar-refractivity contribution in [3.8, 4) is 28.6 Å². The van der Waals surface area contributed by atoms with Crippen molar-refractivity contribution in [1.82, 2.24) is 9.78 Å². The molecule has 0 atom stereocenters. The Balaban J connectivity index is 1.67. The Kier molecular flexibility index (Phi) is 5.59. The number of carbonyl (C=O) groups is 1. The second-order valence-corrected chi connectivity index (χ2v) is 6.71. The average molecular weight is 405 g/mol. The van der Waals surface area contributed by atoms with Crippen molar-refractivity contribution in [2.75, 3.05) is 0 Å². The Morgan fingerprint density at radius 1 is 0.931 bits per heavy atom. The average Bonchev–Trinajstić information content (AvgIpc) is 3.18. The number of nitrogens with zero attached hydrogens (tertiary/aromatic N) is 2. The van der Waals surface area contributed by atoms with E-state index >= 15 is 0 Å². The molecule has 4 rings (SSSR count). The third-order valence-corrected chi connectivity index (χ3v) is 4.52. The topological polar surface area (TPSA) is 53.4 Å². The molecule has 0 bridgehead atoms. The molecule has 29 heavy (non-hydrogen) atoms. The van der Waals surface area contributed by atoms with Crippen molar-refractivity contribution in [2.24, 2.45) is 0 Å². The van der Waals surface area contributed by atoms with Crippen LogP contribution < -0.4 is 9.47 Å². The van der Waals surface area contributed by atoms with Gasteiger partial charge in [-0.15, -0.1) is 5.10 Å². The van der Waals surface area contributed by atoms with Crippen molar-refractivity contribution in [2.45, 2.75) is 6.61 Å². The van der Waals surface area contributed by atoms with Crippen LogP contribution in [0, 0.1) is 0 Å². The number of ether oxygens (including phenoxy) is 2. The number of carbonyl (C=O) groups excluding carboxylic acids is 1. The second-order valence-electron chi connectivity index (χ2n) is 6.28. The van der Waals surface area contributed by atoms with E-state index in [2.05, 4.69) is 5.10 Å². The van der Waals surface area contributed by atoms with Crippen LogP contribution in [-0.2, 0) is 11.4 Å². The smallest absolute Gasteiger partial charge is 0.299 e. The summed E-state index contributed by atoms with van der Waals surface area (Å²) in [6, 6.07) is 26.6. The number of aromatic nitrogens is 2. The molecular weight excluding hydrogens is 388 g/mol. The van der Waals surface area contributed by atoms with Gasteiger partial charge < -0.3 is 9.47 Å². The molecule has 1 aromatic heterocycles. The fourth-order valence-electron chi connectivity index (χ4n) is 2.96. The minimum absolute atomic E-state index is 0.200. The molecular formula is C23H17ClN2O3. The lowest BCUT2D eigenvalue weighted by Gasteiger charge is -2.10. The highest BCUT2D eigenvalue weighted by Crippen LogP contribution is 2.30. The first-order chi connectivity index (χ1) is 14.2. The van der Waals surface area contributed by atoms with E-state index in [9.17, 15) is 4.79 Å². The maximum atomic E-state index is 10.8. The van der Waals surface area contributed by atoms with E-state index < -0.39 is 0 Å². The SMILES string of the molecule is O=COc1cc(-c2cccc(OCc3ccccc3)c2)n(-c2cccc(Cl)c2)n1. The third-order valence-electron chi connectivity index (χ3n) is 4.29. The number of rotatable bonds is 7. The molecule has 4 aromatic rings. The molecule has 0 N–H and O–H groups in total. The summed E-state index contributed by atoms with van der Waals surface area (Å²) >= 11 is 6.14. The lowest BCUT2D eigenvalue weighted by atomic mass is 10.1. The highest BCUT2D eigenvalue weighted by atomic mass is 35.5. The van der Waals surface area contributed by atoms with Gasteiger partial charge in [-0.1, -0.05) is 60.1 Å². The van der Waals surface area contributed by atoms with Crippen LogP contribution >= 0.6 is 11.6 Å². The van der Waals surface area contributed by atoms with Gasteiger partial charge in [0.15, 0.2) is 0 Å². The van der Waals surface area contributed by atoms with E-state index in [0.717, 1.165) is 28.3 Å². The molecule has 5 nitrogen and oxygen atoms in total. The molecule has 0 aliphatic heterocycles. The third kappa shape index (κ3) is 4.47. The lowest BCUT2D eigenvalue weighted by molar-refractivity contribution is -0.120. The van der Waals surface area contributed by atoms with Gasteiger partial charge in [0.05, 0.1) is 11.4 Å². The Hall–Kier alpha value is -3.57. The molecule has 0 aliphatic rings. The van der Waals surface area contributed by atoms with Crippen LogP contribution in [-0.4, -0.2) is 16.3 Å². The van der Waals surface area contributed by atoms with E-state index in [0.29, 0.717) is 18.1 Å². The molecule has 0 amide bonds. The molecule has 0 saturated carbocycles. The van der Waals surface area contributed by atoms with Gasteiger partial charge in [0, 0.05) is 16.7 Å². The van der Waals surface area contributed by atoms with Crippen LogP contribution in [0.15, 0.2) is 84.9 Å². The largest absolute Gasteiger partial charge is 0.489 e. The van der Waals surface area contributed by atoms with Crippen LogP contribution in [0.25, 0.3) is 16.9 Å². The van der Waals surface area contributed by atoms with Gasteiger partial charge in [-0.2, -0.15) is 0 Å². The summed E-state index contributed by atoms with van der Waals surface area (Å²) in [5.41, 5.74) is 3.45. The van der Waals surface area contributed by atoms with Crippen LogP contribution in [0.4, 0.5) is 0 Å². The van der Waals surface area contributed by atoms with Crippen molar-refractivity contribution < 1.29 is 14.3 Å². The molecule has 6 heteroatoms. The zero-order chi connectivity index (χ0) is 20.1. The van der Waals surface area contributed by atoms with Crippen LogP contribution in [0.2, 0.25) is 5.02 Å². The molecule has 0 fully saturated rings. The minimum Gasteiger partial charge on any atom is -0.489 e. The van der Waals surface area contributed by atoms with Gasteiger partial charge in [-0.3, -0.25) is 4.79 Å². The van der Waals surface area contributed by atoms with Crippen LogP contribution in [0.1, 0.15) is 5.56 Å². The summed E-state index contributed by atoms with van der Waals surface area (Å²) in [5, 5.41) is 4.96. The lowest BCUT2D eigenvalue weighted by Crippen LogP contribution is -2.00. The molecule has 0 unspecified atom stereocenters. The summed E-state index contributed by atoms with van der Waals surface area (Å²) in [6.45, 7) is 0.825. The maximum absolute atomic E-state index is 10.8. The summed E-state index contributed by atoms with van der Waals surface area (Å²) in [7, 11) is 0. The Morgan fingerprint density at radius 2 is 1.76 bits per heavy atom. The summed E-state index contributed by atoms with van der Waals surface area (Å²) in [4.78, 5) is 10.8. The van der Waals surface area contributed by atoms with Gasteiger partial charge in [0.1, 0.15) is 12.4 Å². The molecule has 0 radical (unpaired) electrons. The first-order valence-corrected chi connectivity index (χ1v) is 9.34. The summed E-state index contributed by atoms with van der Waals surface area (Å²) in [6.07, 6.45) is 0. The molecule has 3 aromatic carbocycles. The maximum Gasteiger partial charge on any atom is 0.299 e. The van der Waals surface area contributed by atoms with Gasteiger partial charge in [0.2, 0.25) is 5.88 Å². The quantitative estimate of drug-likeness (QED) is 0.392. The minimum atomic E-state index is 0.200. The normalized spacial score (nSPS) is 10.5. The predicted molar refractivity (Wildman–Crippen MR) is 111 cm³/mol. The van der Waals surface area contributed by atoms with Gasteiger partial charge in [-0.05, 0) is 35.9 Å². The van der Waals surface area contributed by atoms with Gasteiger partial charge in [0.25, 0.3) is 6.47 Å². The van der Waals surface area contributed by atoms with E-state index in [4.69, 9.17) is 21.1 Å². The molecule has 0 spiro atoms. The van der Waals surface area contributed by atoms with Crippen LogP contribution in [0.5, 0.6) is 11.6 Å². The number of benzene rings is 3. The number of hydrogen-bond donors (Lipinski definition) is 0. The Labute approximate surface area is 173 Å². The Morgan fingerprint density at radius 3 is 2.55 bits per heavy atom. The van der Waals surface area contributed by atoms with E-state index in [1.54, 1.807) is 22.9 Å². The summed E-state index contributed by atoms with van der Waals surface area (Å²) in [5.74, 6) is 0.925. The second kappa shape index (κ2) is 8.63. The van der Waals surface area contributed by atoms with Crippen molar-refractivity contribution in [1.29, 1.82) is 0 Å². The van der Waals surface area contributed by atoms with E-state index in [1.165, 1.54) is 0 Å². The van der Waals surface area contributed by atoms with E-state index in [-0.39, 0.29) is 5.88 Å². The van der Waals surface area contributed by atoms with Gasteiger partial charge in [-0.25, -0.2) is 4.68 Å². The highest BCUT2D eigenvalue weighted by Gasteiger charge is 2.14. The van der Waals surface area contributed by atoms with Gasteiger partial charge >= 0.3 is 0 Å². The number of hydrogen-bond acceptors (Lipinski definition) is 4. The molecule has 144 valence electrons. The van der Waals surface area contributed by atoms with Crippen LogP contribution in [0.3, 0.4) is 0 Å². The van der Waals surface area contributed by atoms with Crippen molar-refractivity contribution in [3.05, 3.63) is 95.5 Å². The summed E-state index contributed by atoms with van der Waals surface area (Å²) < 4.78 is 12.6. The molecule has 1 heterocycles. The zero-order valence-electron chi connectivity index (χ0n) is 15.4. The fourth-order valence-corrected chi connectivity index (χ4v) is 3.15. The molecule has 0 saturated heterocycles. The van der Waals surface area contributed by atoms with Crippen molar-refractivity contribution >= 4 is 18.1 Å². The standard InChI is InChI=1S/C23H17ClN2O3/c24-19-9-5-10-20(13-19)26-22(14-23(25-26)29-16-27)18-8-4-11-21(12-18)28-15-17-6-2-1-3-7-17/h1-14,16H,15H2. The predicted octanol–water partition coefficient (Wildman–Crippen LogP) is 5.31.